The van der Waals surface area contributed by atoms with Gasteiger partial charge in [-0.05, 0) is 36.4 Å². The minimum Gasteiger partial charge on any atom is -0.490 e. The standard InChI is InChI=1S/C18H14Cl4F3NO3.C13H6ClF3N2O/c19-13-8-12(27-7-4-15(21)22)9-14(20)17(13)29-6-1-5-28-16-3-2-11(10-26-16)18(23,24)25;14-9-6-18-4-3-8(9)12-19-10-5-7(13(15,16)17)1-2-11(10)20-12/h2-4,8-10H,1,5-7H2;1-6H. The number of alkyl halides is 6. The van der Waals surface area contributed by atoms with Crippen LogP contribution in [0.1, 0.15) is 17.5 Å². The molecule has 3 heterocycles. The van der Waals surface area contributed by atoms with E-state index >= 15 is 0 Å². The Kier molecular flexibility index (Phi) is 13.1. The van der Waals surface area contributed by atoms with Gasteiger partial charge in [-0.3, -0.25) is 4.98 Å². The van der Waals surface area contributed by atoms with Crippen LogP contribution in [0.15, 0.2) is 82.1 Å². The second kappa shape index (κ2) is 16.9. The molecule has 0 unspecified atom stereocenters. The molecule has 0 aliphatic carbocycles. The van der Waals surface area contributed by atoms with E-state index in [2.05, 4.69) is 15.0 Å². The quantitative estimate of drug-likeness (QED) is 0.103. The Balaban J connectivity index is 0.000000235. The number of fused-ring (bicyclic) bond motifs is 1. The molecule has 49 heavy (non-hydrogen) atoms. The molecule has 3 aromatic heterocycles. The van der Waals surface area contributed by atoms with Crippen molar-refractivity contribution in [1.29, 1.82) is 0 Å². The second-order valence-electron chi connectivity index (χ2n) is 9.51. The fourth-order valence-corrected chi connectivity index (χ4v) is 4.67. The number of pyridine rings is 2. The van der Waals surface area contributed by atoms with Crippen molar-refractivity contribution in [2.45, 2.75) is 18.8 Å². The number of oxazole rings is 1. The van der Waals surface area contributed by atoms with Gasteiger partial charge >= 0.3 is 12.4 Å². The van der Waals surface area contributed by atoms with E-state index in [1.807, 2.05) is 0 Å². The van der Waals surface area contributed by atoms with Crippen LogP contribution in [-0.2, 0) is 12.4 Å². The predicted molar refractivity (Wildman–Crippen MR) is 174 cm³/mol. The zero-order valence-electron chi connectivity index (χ0n) is 24.4. The summed E-state index contributed by atoms with van der Waals surface area (Å²) in [5.74, 6) is 0.933. The summed E-state index contributed by atoms with van der Waals surface area (Å²) in [5.41, 5.74) is -0.743. The summed E-state index contributed by atoms with van der Waals surface area (Å²) in [5, 5.41) is 0.813. The van der Waals surface area contributed by atoms with E-state index in [0.717, 1.165) is 24.3 Å². The van der Waals surface area contributed by atoms with Crippen LogP contribution in [0.3, 0.4) is 0 Å². The van der Waals surface area contributed by atoms with Crippen molar-refractivity contribution < 1.29 is 45.0 Å². The van der Waals surface area contributed by atoms with E-state index in [-0.39, 0.29) is 63.0 Å². The molecule has 0 saturated heterocycles. The van der Waals surface area contributed by atoms with Gasteiger partial charge in [-0.1, -0.05) is 58.0 Å². The van der Waals surface area contributed by atoms with Crippen molar-refractivity contribution in [3.8, 4) is 28.8 Å². The largest absolute Gasteiger partial charge is 0.490 e. The maximum absolute atomic E-state index is 12.6. The molecule has 0 fully saturated rings. The van der Waals surface area contributed by atoms with Crippen molar-refractivity contribution in [1.82, 2.24) is 15.0 Å². The van der Waals surface area contributed by atoms with Crippen LogP contribution in [0.4, 0.5) is 26.3 Å². The van der Waals surface area contributed by atoms with E-state index in [0.29, 0.717) is 29.0 Å². The van der Waals surface area contributed by atoms with Crippen LogP contribution < -0.4 is 14.2 Å². The molecule has 0 bridgehead atoms. The van der Waals surface area contributed by atoms with Crippen LogP contribution in [0.5, 0.6) is 17.4 Å². The number of halogens is 11. The molecule has 0 aliphatic heterocycles. The van der Waals surface area contributed by atoms with Gasteiger partial charge in [0.25, 0.3) is 0 Å². The first-order valence-electron chi connectivity index (χ1n) is 13.6. The molecule has 0 radical (unpaired) electrons. The number of nitrogens with zero attached hydrogens (tertiary/aromatic N) is 3. The number of rotatable bonds is 10. The van der Waals surface area contributed by atoms with Crippen molar-refractivity contribution in [2.75, 3.05) is 19.8 Å². The Hall–Kier alpha value is -3.62. The highest BCUT2D eigenvalue weighted by Crippen LogP contribution is 2.37. The molecule has 0 atom stereocenters. The number of aromatic nitrogens is 3. The molecule has 5 rings (SSSR count). The number of hydrogen-bond donors (Lipinski definition) is 0. The van der Waals surface area contributed by atoms with Gasteiger partial charge in [-0.25, -0.2) is 9.97 Å². The summed E-state index contributed by atoms with van der Waals surface area (Å²) in [6.45, 7) is 0.537. The highest BCUT2D eigenvalue weighted by molar-refractivity contribution is 6.55. The monoisotopic (exact) mass is 787 g/mol. The van der Waals surface area contributed by atoms with E-state index < -0.39 is 23.5 Å². The number of hydrogen-bond acceptors (Lipinski definition) is 7. The lowest BCUT2D eigenvalue weighted by Gasteiger charge is -2.12. The van der Waals surface area contributed by atoms with Gasteiger partial charge < -0.3 is 18.6 Å². The average molecular weight is 790 g/mol. The van der Waals surface area contributed by atoms with Crippen LogP contribution in [0, 0.1) is 0 Å². The molecule has 5 aromatic rings. The number of benzene rings is 2. The van der Waals surface area contributed by atoms with Gasteiger partial charge in [0.1, 0.15) is 22.4 Å². The Morgan fingerprint density at radius 1 is 0.776 bits per heavy atom. The molecule has 260 valence electrons. The lowest BCUT2D eigenvalue weighted by Crippen LogP contribution is -2.08. The van der Waals surface area contributed by atoms with Crippen molar-refractivity contribution in [2.24, 2.45) is 0 Å². The summed E-state index contributed by atoms with van der Waals surface area (Å²) in [6, 6.07) is 9.83. The molecule has 0 spiro atoms. The molecule has 0 saturated carbocycles. The summed E-state index contributed by atoms with van der Waals surface area (Å²) >= 11 is 29.2. The first-order chi connectivity index (χ1) is 23.1. The van der Waals surface area contributed by atoms with Gasteiger partial charge in [0.2, 0.25) is 11.8 Å². The highest BCUT2D eigenvalue weighted by atomic mass is 35.5. The third-order valence-electron chi connectivity index (χ3n) is 6.03. The minimum atomic E-state index is -4.44. The fraction of sp³-hybridized carbons (Fsp3) is 0.194. The molecular weight excluding hydrogens is 770 g/mol. The molecule has 18 heteroatoms. The van der Waals surface area contributed by atoms with Crippen molar-refractivity contribution in [3.05, 3.63) is 104 Å². The van der Waals surface area contributed by atoms with Gasteiger partial charge in [-0.2, -0.15) is 26.3 Å². The van der Waals surface area contributed by atoms with E-state index in [4.69, 9.17) is 76.6 Å². The van der Waals surface area contributed by atoms with Crippen LogP contribution in [0.2, 0.25) is 15.1 Å². The summed E-state index contributed by atoms with van der Waals surface area (Å²) in [7, 11) is 0. The zero-order chi connectivity index (χ0) is 35.8. The highest BCUT2D eigenvalue weighted by Gasteiger charge is 2.31. The zero-order valence-corrected chi connectivity index (χ0v) is 28.2. The first-order valence-corrected chi connectivity index (χ1v) is 15.5. The normalized spacial score (nSPS) is 11.5. The Bertz CT molecular complexity index is 1880. The van der Waals surface area contributed by atoms with E-state index in [1.165, 1.54) is 36.7 Å². The van der Waals surface area contributed by atoms with Gasteiger partial charge in [-0.15, -0.1) is 0 Å². The smallest absolute Gasteiger partial charge is 0.417 e. The van der Waals surface area contributed by atoms with Gasteiger partial charge in [0.15, 0.2) is 11.3 Å². The van der Waals surface area contributed by atoms with E-state index in [9.17, 15) is 26.3 Å². The van der Waals surface area contributed by atoms with Crippen molar-refractivity contribution >= 4 is 69.1 Å². The molecule has 0 N–H and O–H groups in total. The third-order valence-corrected chi connectivity index (χ3v) is 7.20. The minimum absolute atomic E-state index is 0.0795. The Morgan fingerprint density at radius 2 is 1.45 bits per heavy atom. The molecule has 7 nitrogen and oxygen atoms in total. The summed E-state index contributed by atoms with van der Waals surface area (Å²) < 4.78 is 97.0. The van der Waals surface area contributed by atoms with Crippen LogP contribution in [0.25, 0.3) is 22.6 Å². The topological polar surface area (TPSA) is 79.5 Å². The third kappa shape index (κ3) is 11.2. The van der Waals surface area contributed by atoms with Gasteiger partial charge in [0.05, 0.1) is 45.0 Å². The maximum atomic E-state index is 12.6. The van der Waals surface area contributed by atoms with Crippen LogP contribution in [-0.4, -0.2) is 34.8 Å². The maximum Gasteiger partial charge on any atom is 0.417 e. The molecule has 0 amide bonds. The summed E-state index contributed by atoms with van der Waals surface area (Å²) in [4.78, 5) is 11.5. The lowest BCUT2D eigenvalue weighted by atomic mass is 10.2. The second-order valence-corrected chi connectivity index (χ2v) is 11.7. The fourth-order valence-electron chi connectivity index (χ4n) is 3.77. The molecule has 0 aliphatic rings. The van der Waals surface area contributed by atoms with Crippen LogP contribution >= 0.6 is 58.0 Å². The predicted octanol–water partition coefficient (Wildman–Crippen LogP) is 11.5. The van der Waals surface area contributed by atoms with Crippen molar-refractivity contribution in [3.63, 3.8) is 0 Å². The Labute approximate surface area is 299 Å². The number of ether oxygens (including phenoxy) is 3. The Morgan fingerprint density at radius 3 is 2.06 bits per heavy atom. The van der Waals surface area contributed by atoms with Gasteiger partial charge in [0, 0.05) is 43.2 Å². The molecule has 2 aromatic carbocycles. The molecular formula is C31H20Cl5F6N3O4. The SMILES string of the molecule is FC(F)(F)c1ccc(OCCCOc2c(Cl)cc(OCC=C(Cl)Cl)cc2Cl)nc1.FC(F)(F)c1ccc2oc(-c3ccncc3Cl)nc2c1. The average Bonchev–Trinajstić information content (AvgIpc) is 3.45. The lowest BCUT2D eigenvalue weighted by molar-refractivity contribution is -0.138. The first kappa shape index (κ1) is 38.2. The summed E-state index contributed by atoms with van der Waals surface area (Å²) in [6.07, 6.45) is -3.35. The van der Waals surface area contributed by atoms with E-state index in [1.54, 1.807) is 6.07 Å².